The average molecular weight is 280 g/mol. The van der Waals surface area contributed by atoms with E-state index in [9.17, 15) is 0 Å². The first-order valence-corrected chi connectivity index (χ1v) is 7.38. The third-order valence-corrected chi connectivity index (χ3v) is 3.63. The summed E-state index contributed by atoms with van der Waals surface area (Å²) in [6.07, 6.45) is 4.02. The van der Waals surface area contributed by atoms with E-state index in [1.807, 2.05) is 25.4 Å². The first kappa shape index (κ1) is 13.6. The molecule has 0 amide bonds. The molecule has 0 fully saturated rings. The lowest BCUT2D eigenvalue weighted by Crippen LogP contribution is -2.05. The second kappa shape index (κ2) is 5.95. The lowest BCUT2D eigenvalue weighted by Gasteiger charge is -2.09. The molecular formula is C17H20N4. The van der Waals surface area contributed by atoms with E-state index in [1.165, 1.54) is 11.1 Å². The van der Waals surface area contributed by atoms with Crippen LogP contribution in [0.4, 0.5) is 5.82 Å². The molecule has 108 valence electrons. The Morgan fingerprint density at radius 3 is 2.71 bits per heavy atom. The molecule has 21 heavy (non-hydrogen) atoms. The summed E-state index contributed by atoms with van der Waals surface area (Å²) in [7, 11) is 1.88. The van der Waals surface area contributed by atoms with Crippen LogP contribution in [0.1, 0.15) is 24.7 Å². The molecule has 0 spiro atoms. The quantitative estimate of drug-likeness (QED) is 0.778. The van der Waals surface area contributed by atoms with Crippen molar-refractivity contribution in [3.63, 3.8) is 0 Å². The van der Waals surface area contributed by atoms with Crippen LogP contribution in [0.2, 0.25) is 0 Å². The minimum absolute atomic E-state index is 0.812. The lowest BCUT2D eigenvalue weighted by atomic mass is 10.2. The highest BCUT2D eigenvalue weighted by molar-refractivity contribution is 5.76. The Morgan fingerprint density at radius 1 is 1.14 bits per heavy atom. The number of benzene rings is 1. The Labute approximate surface area is 124 Å². The van der Waals surface area contributed by atoms with Crippen molar-refractivity contribution in [3.8, 4) is 0 Å². The monoisotopic (exact) mass is 280 g/mol. The van der Waals surface area contributed by atoms with E-state index < -0.39 is 0 Å². The van der Waals surface area contributed by atoms with Crippen molar-refractivity contribution in [2.45, 2.75) is 26.3 Å². The lowest BCUT2D eigenvalue weighted by molar-refractivity contribution is 0.720. The number of fused-ring (bicyclic) bond motifs is 1. The highest BCUT2D eigenvalue weighted by Crippen LogP contribution is 2.19. The summed E-state index contributed by atoms with van der Waals surface area (Å²) in [5.41, 5.74) is 3.45. The molecule has 0 saturated carbocycles. The fraction of sp³-hybridized carbons (Fsp3) is 0.294. The van der Waals surface area contributed by atoms with E-state index in [1.54, 1.807) is 0 Å². The van der Waals surface area contributed by atoms with Crippen molar-refractivity contribution in [2.75, 3.05) is 12.4 Å². The molecule has 0 atom stereocenters. The predicted octanol–water partition coefficient (Wildman–Crippen LogP) is 3.47. The SMILES string of the molecule is CCCc1nc2ccccc2n1Cc1ccc(NC)nc1. The van der Waals surface area contributed by atoms with Crippen LogP contribution < -0.4 is 5.32 Å². The van der Waals surface area contributed by atoms with Gasteiger partial charge in [-0.25, -0.2) is 9.97 Å². The van der Waals surface area contributed by atoms with E-state index in [-0.39, 0.29) is 0 Å². The minimum atomic E-state index is 0.812. The Kier molecular flexibility index (Phi) is 3.86. The third-order valence-electron chi connectivity index (χ3n) is 3.63. The molecule has 0 aliphatic rings. The van der Waals surface area contributed by atoms with Crippen LogP contribution in [-0.2, 0) is 13.0 Å². The van der Waals surface area contributed by atoms with Crippen LogP contribution in [0.5, 0.6) is 0 Å². The first-order valence-electron chi connectivity index (χ1n) is 7.38. The number of aromatic nitrogens is 3. The summed E-state index contributed by atoms with van der Waals surface area (Å²) in [6.45, 7) is 3.00. The maximum atomic E-state index is 4.76. The van der Waals surface area contributed by atoms with Gasteiger partial charge < -0.3 is 9.88 Å². The molecule has 0 aliphatic heterocycles. The van der Waals surface area contributed by atoms with Gasteiger partial charge in [-0.15, -0.1) is 0 Å². The number of nitrogens with zero attached hydrogens (tertiary/aromatic N) is 3. The largest absolute Gasteiger partial charge is 0.373 e. The summed E-state index contributed by atoms with van der Waals surface area (Å²) in [6, 6.07) is 12.4. The summed E-state index contributed by atoms with van der Waals surface area (Å²) in [4.78, 5) is 9.15. The van der Waals surface area contributed by atoms with Crippen LogP contribution in [0.3, 0.4) is 0 Å². The molecule has 3 rings (SSSR count). The third kappa shape index (κ3) is 2.75. The number of pyridine rings is 1. The zero-order valence-corrected chi connectivity index (χ0v) is 12.5. The van der Waals surface area contributed by atoms with Crippen molar-refractivity contribution in [3.05, 3.63) is 54.0 Å². The van der Waals surface area contributed by atoms with Crippen LogP contribution in [-0.4, -0.2) is 21.6 Å². The van der Waals surface area contributed by atoms with E-state index >= 15 is 0 Å². The van der Waals surface area contributed by atoms with Crippen LogP contribution in [0.25, 0.3) is 11.0 Å². The first-order chi connectivity index (χ1) is 10.3. The van der Waals surface area contributed by atoms with Gasteiger partial charge in [0.1, 0.15) is 11.6 Å². The number of imidazole rings is 1. The summed E-state index contributed by atoms with van der Waals surface area (Å²) < 4.78 is 2.30. The van der Waals surface area contributed by atoms with Crippen molar-refractivity contribution in [1.29, 1.82) is 0 Å². The Morgan fingerprint density at radius 2 is 2.00 bits per heavy atom. The zero-order chi connectivity index (χ0) is 14.7. The van der Waals surface area contributed by atoms with Crippen molar-refractivity contribution < 1.29 is 0 Å². The van der Waals surface area contributed by atoms with Gasteiger partial charge in [-0.3, -0.25) is 0 Å². The molecule has 4 heteroatoms. The van der Waals surface area contributed by atoms with Gasteiger partial charge in [0.2, 0.25) is 0 Å². The van der Waals surface area contributed by atoms with Gasteiger partial charge in [-0.2, -0.15) is 0 Å². The summed E-state index contributed by atoms with van der Waals surface area (Å²) in [5.74, 6) is 2.04. The number of aryl methyl sites for hydroxylation is 1. The van der Waals surface area contributed by atoms with Gasteiger partial charge >= 0.3 is 0 Å². The maximum Gasteiger partial charge on any atom is 0.125 e. The molecule has 4 nitrogen and oxygen atoms in total. The van der Waals surface area contributed by atoms with Crippen molar-refractivity contribution in [2.24, 2.45) is 0 Å². The Hall–Kier alpha value is -2.36. The molecular weight excluding hydrogens is 260 g/mol. The molecule has 1 N–H and O–H groups in total. The topological polar surface area (TPSA) is 42.7 Å². The fourth-order valence-corrected chi connectivity index (χ4v) is 2.56. The van der Waals surface area contributed by atoms with Crippen LogP contribution in [0.15, 0.2) is 42.6 Å². The van der Waals surface area contributed by atoms with Gasteiger partial charge in [-0.1, -0.05) is 25.1 Å². The van der Waals surface area contributed by atoms with Crippen molar-refractivity contribution in [1.82, 2.24) is 14.5 Å². The van der Waals surface area contributed by atoms with Gasteiger partial charge in [0.05, 0.1) is 17.6 Å². The minimum Gasteiger partial charge on any atom is -0.373 e. The second-order valence-corrected chi connectivity index (χ2v) is 5.15. The van der Waals surface area contributed by atoms with Crippen LogP contribution in [0, 0.1) is 0 Å². The molecule has 0 bridgehead atoms. The molecule has 0 aliphatic carbocycles. The van der Waals surface area contributed by atoms with Gasteiger partial charge in [-0.05, 0) is 30.2 Å². The van der Waals surface area contributed by atoms with Gasteiger partial charge in [0, 0.05) is 19.7 Å². The fourth-order valence-electron chi connectivity index (χ4n) is 2.56. The number of nitrogens with one attached hydrogen (secondary N) is 1. The number of rotatable bonds is 5. The molecule has 3 aromatic rings. The number of hydrogen-bond donors (Lipinski definition) is 1. The normalized spacial score (nSPS) is 11.0. The second-order valence-electron chi connectivity index (χ2n) is 5.15. The number of para-hydroxylation sites is 2. The molecule has 0 radical (unpaired) electrons. The van der Waals surface area contributed by atoms with Crippen LogP contribution >= 0.6 is 0 Å². The average Bonchev–Trinajstić information content (AvgIpc) is 2.86. The van der Waals surface area contributed by atoms with E-state index in [0.717, 1.165) is 36.5 Å². The van der Waals surface area contributed by atoms with E-state index in [4.69, 9.17) is 4.98 Å². The van der Waals surface area contributed by atoms with E-state index in [2.05, 4.69) is 46.1 Å². The smallest absolute Gasteiger partial charge is 0.125 e. The number of hydrogen-bond acceptors (Lipinski definition) is 3. The summed E-state index contributed by atoms with van der Waals surface area (Å²) >= 11 is 0. The van der Waals surface area contributed by atoms with E-state index in [0.29, 0.717) is 0 Å². The molecule has 0 saturated heterocycles. The highest BCUT2D eigenvalue weighted by atomic mass is 15.1. The van der Waals surface area contributed by atoms with Gasteiger partial charge in [0.25, 0.3) is 0 Å². The number of anilines is 1. The van der Waals surface area contributed by atoms with Gasteiger partial charge in [0.15, 0.2) is 0 Å². The van der Waals surface area contributed by atoms with Crippen molar-refractivity contribution >= 4 is 16.9 Å². The predicted molar refractivity (Wildman–Crippen MR) is 86.6 cm³/mol. The summed E-state index contributed by atoms with van der Waals surface area (Å²) in [5, 5.41) is 3.04. The Balaban J connectivity index is 1.99. The standard InChI is InChI=1S/C17H20N4/c1-3-6-17-20-14-7-4-5-8-15(14)21(17)12-13-9-10-16(18-2)19-11-13/h4-5,7-11H,3,6,12H2,1-2H3,(H,18,19). The molecule has 1 aromatic carbocycles. The maximum absolute atomic E-state index is 4.76. The zero-order valence-electron chi connectivity index (χ0n) is 12.5. The molecule has 0 unspecified atom stereocenters. The molecule has 2 heterocycles. The molecule has 2 aromatic heterocycles. The Bertz CT molecular complexity index is 728. The highest BCUT2D eigenvalue weighted by Gasteiger charge is 2.10.